The summed E-state index contributed by atoms with van der Waals surface area (Å²) < 4.78 is 17.8. The number of hydrogen-bond acceptors (Lipinski definition) is 6. The molecule has 1 aromatic heterocycles. The molecular formula is C21H26N4O4. The van der Waals surface area contributed by atoms with Crippen LogP contribution in [-0.2, 0) is 11.3 Å². The van der Waals surface area contributed by atoms with Crippen molar-refractivity contribution in [2.24, 2.45) is 0 Å². The van der Waals surface area contributed by atoms with Crippen molar-refractivity contribution >= 4 is 17.7 Å². The molecule has 0 aliphatic heterocycles. The third kappa shape index (κ3) is 6.01. The van der Waals surface area contributed by atoms with Crippen LogP contribution in [0.15, 0.2) is 30.1 Å². The summed E-state index contributed by atoms with van der Waals surface area (Å²) in [6.07, 6.45) is 7.33. The highest BCUT2D eigenvalue weighted by molar-refractivity contribution is 6.06. The number of ether oxygens (including phenoxy) is 3. The number of carbonyl (C=O) groups excluding carboxylic acids is 1. The van der Waals surface area contributed by atoms with E-state index in [0.717, 1.165) is 12.8 Å². The van der Waals surface area contributed by atoms with Crippen molar-refractivity contribution in [1.82, 2.24) is 9.78 Å². The van der Waals surface area contributed by atoms with Gasteiger partial charge in [-0.3, -0.25) is 9.48 Å². The minimum absolute atomic E-state index is 0.245. The molecule has 1 amide bonds. The average Bonchev–Trinajstić information content (AvgIpc) is 3.17. The first-order valence-corrected chi connectivity index (χ1v) is 9.21. The fourth-order valence-electron chi connectivity index (χ4n) is 2.72. The van der Waals surface area contributed by atoms with Gasteiger partial charge in [-0.05, 0) is 31.9 Å². The van der Waals surface area contributed by atoms with Gasteiger partial charge in [0.2, 0.25) is 0 Å². The highest BCUT2D eigenvalue weighted by Crippen LogP contribution is 2.35. The van der Waals surface area contributed by atoms with E-state index in [1.54, 1.807) is 63.5 Å². The summed E-state index contributed by atoms with van der Waals surface area (Å²) in [6, 6.07) is 5.59. The molecular weight excluding hydrogens is 372 g/mol. The Morgan fingerprint density at radius 1 is 1.17 bits per heavy atom. The van der Waals surface area contributed by atoms with Gasteiger partial charge in [0.1, 0.15) is 5.75 Å². The molecule has 29 heavy (non-hydrogen) atoms. The molecule has 1 aromatic carbocycles. The lowest BCUT2D eigenvalue weighted by Crippen LogP contribution is -2.12. The van der Waals surface area contributed by atoms with Gasteiger partial charge in [0.15, 0.2) is 11.5 Å². The Labute approximate surface area is 170 Å². The van der Waals surface area contributed by atoms with Gasteiger partial charge in [-0.1, -0.05) is 0 Å². The number of amides is 1. The van der Waals surface area contributed by atoms with Crippen molar-refractivity contribution in [2.75, 3.05) is 26.6 Å². The second kappa shape index (κ2) is 10.8. The lowest BCUT2D eigenvalue weighted by molar-refractivity contribution is -0.112. The number of anilines is 1. The van der Waals surface area contributed by atoms with E-state index in [1.165, 1.54) is 0 Å². The molecule has 2 rings (SSSR count). The number of rotatable bonds is 10. The Bertz CT molecular complexity index is 912. The quantitative estimate of drug-likeness (QED) is 0.485. The van der Waals surface area contributed by atoms with Crippen molar-refractivity contribution < 1.29 is 19.0 Å². The summed E-state index contributed by atoms with van der Waals surface area (Å²) in [7, 11) is 4.66. The molecule has 0 saturated carbocycles. The van der Waals surface area contributed by atoms with E-state index in [9.17, 15) is 4.79 Å². The summed E-state index contributed by atoms with van der Waals surface area (Å²) in [5.41, 5.74) is 1.81. The minimum atomic E-state index is -0.245. The zero-order valence-corrected chi connectivity index (χ0v) is 17.2. The number of nitrogens with one attached hydrogen (secondary N) is 1. The van der Waals surface area contributed by atoms with Crippen LogP contribution in [0.1, 0.15) is 31.7 Å². The lowest BCUT2D eigenvalue weighted by atomic mass is 10.1. The highest BCUT2D eigenvalue weighted by Gasteiger charge is 2.13. The predicted molar refractivity (Wildman–Crippen MR) is 110 cm³/mol. The molecule has 0 aliphatic rings. The highest BCUT2D eigenvalue weighted by atomic mass is 16.5. The van der Waals surface area contributed by atoms with Crippen LogP contribution in [0, 0.1) is 11.3 Å². The largest absolute Gasteiger partial charge is 0.496 e. The Morgan fingerprint density at radius 3 is 2.52 bits per heavy atom. The summed E-state index contributed by atoms with van der Waals surface area (Å²) in [4.78, 5) is 12.6. The first-order chi connectivity index (χ1) is 14.0. The van der Waals surface area contributed by atoms with Crippen molar-refractivity contribution in [3.05, 3.63) is 35.7 Å². The summed E-state index contributed by atoms with van der Waals surface area (Å²) in [5.74, 6) is 1.42. The topological polar surface area (TPSA) is 98.4 Å². The standard InChI is InChI=1S/C21H26N4O4/c1-15(10-16-11-19(28-3)20(29-4)12-18(16)27-2)21(26)24-17-13-23-25(14-17)9-7-5-6-8-22/h10-14H,5-7,9H2,1-4H3,(H,24,26). The van der Waals surface area contributed by atoms with E-state index in [2.05, 4.69) is 16.5 Å². The van der Waals surface area contributed by atoms with Crippen molar-refractivity contribution in [1.29, 1.82) is 5.26 Å². The fraction of sp³-hybridized carbons (Fsp3) is 0.381. The van der Waals surface area contributed by atoms with Crippen molar-refractivity contribution in [3.63, 3.8) is 0 Å². The zero-order valence-electron chi connectivity index (χ0n) is 17.2. The third-order valence-electron chi connectivity index (χ3n) is 4.28. The first kappa shape index (κ1) is 21.8. The van der Waals surface area contributed by atoms with Gasteiger partial charge in [-0.2, -0.15) is 10.4 Å². The smallest absolute Gasteiger partial charge is 0.251 e. The molecule has 8 nitrogen and oxygen atoms in total. The number of aryl methyl sites for hydroxylation is 1. The molecule has 8 heteroatoms. The number of unbranched alkanes of at least 4 members (excludes halogenated alkanes) is 2. The predicted octanol–water partition coefficient (Wildman–Crippen LogP) is 3.64. The van der Waals surface area contributed by atoms with Crippen LogP contribution < -0.4 is 19.5 Å². The van der Waals surface area contributed by atoms with E-state index in [-0.39, 0.29) is 5.91 Å². The zero-order chi connectivity index (χ0) is 21.2. The molecule has 0 fully saturated rings. The number of hydrogen-bond donors (Lipinski definition) is 1. The normalized spacial score (nSPS) is 10.9. The minimum Gasteiger partial charge on any atom is -0.496 e. The van der Waals surface area contributed by atoms with Crippen LogP contribution in [0.3, 0.4) is 0 Å². The monoisotopic (exact) mass is 398 g/mol. The summed E-state index contributed by atoms with van der Waals surface area (Å²) in [6.45, 7) is 2.42. The van der Waals surface area contributed by atoms with Crippen LogP contribution >= 0.6 is 0 Å². The second-order valence-electron chi connectivity index (χ2n) is 6.34. The molecule has 2 aromatic rings. The second-order valence-corrected chi connectivity index (χ2v) is 6.34. The van der Waals surface area contributed by atoms with Gasteiger partial charge in [0, 0.05) is 36.4 Å². The Balaban J connectivity index is 2.09. The number of aromatic nitrogens is 2. The van der Waals surface area contributed by atoms with E-state index in [1.807, 2.05) is 0 Å². The average molecular weight is 398 g/mol. The SMILES string of the molecule is COc1cc(OC)c(OC)cc1C=C(C)C(=O)Nc1cnn(CCCCC#N)c1. The maximum atomic E-state index is 12.6. The number of benzene rings is 1. The number of nitrogens with zero attached hydrogens (tertiary/aromatic N) is 3. The molecule has 0 unspecified atom stereocenters. The molecule has 0 bridgehead atoms. The van der Waals surface area contributed by atoms with Crippen LogP contribution in [-0.4, -0.2) is 37.0 Å². The molecule has 0 radical (unpaired) electrons. The van der Waals surface area contributed by atoms with E-state index >= 15 is 0 Å². The van der Waals surface area contributed by atoms with E-state index in [4.69, 9.17) is 19.5 Å². The van der Waals surface area contributed by atoms with Gasteiger partial charge >= 0.3 is 0 Å². The van der Waals surface area contributed by atoms with Gasteiger partial charge in [-0.15, -0.1) is 0 Å². The van der Waals surface area contributed by atoms with E-state index < -0.39 is 0 Å². The first-order valence-electron chi connectivity index (χ1n) is 9.21. The molecule has 0 atom stereocenters. The summed E-state index contributed by atoms with van der Waals surface area (Å²) in [5, 5.41) is 15.6. The Kier molecular flexibility index (Phi) is 8.10. The Hall–Kier alpha value is -3.47. The van der Waals surface area contributed by atoms with E-state index in [0.29, 0.717) is 47.0 Å². The molecule has 0 saturated heterocycles. The lowest BCUT2D eigenvalue weighted by Gasteiger charge is -2.12. The molecule has 1 heterocycles. The maximum absolute atomic E-state index is 12.6. The molecule has 0 spiro atoms. The number of nitriles is 1. The van der Waals surface area contributed by atoms with Crippen molar-refractivity contribution in [2.45, 2.75) is 32.7 Å². The van der Waals surface area contributed by atoms with Gasteiger partial charge in [0.25, 0.3) is 5.91 Å². The van der Waals surface area contributed by atoms with Gasteiger partial charge in [0.05, 0.1) is 39.3 Å². The van der Waals surface area contributed by atoms with Crippen LogP contribution in [0.4, 0.5) is 5.69 Å². The van der Waals surface area contributed by atoms with Crippen molar-refractivity contribution in [3.8, 4) is 23.3 Å². The van der Waals surface area contributed by atoms with Crippen LogP contribution in [0.5, 0.6) is 17.2 Å². The summed E-state index contributed by atoms with van der Waals surface area (Å²) >= 11 is 0. The van der Waals surface area contributed by atoms with Gasteiger partial charge < -0.3 is 19.5 Å². The third-order valence-corrected chi connectivity index (χ3v) is 4.28. The maximum Gasteiger partial charge on any atom is 0.251 e. The fourth-order valence-corrected chi connectivity index (χ4v) is 2.72. The van der Waals surface area contributed by atoms with Gasteiger partial charge in [-0.25, -0.2) is 0 Å². The molecule has 1 N–H and O–H groups in total. The number of methoxy groups -OCH3 is 3. The van der Waals surface area contributed by atoms with Crippen LogP contribution in [0.25, 0.3) is 6.08 Å². The molecule has 154 valence electrons. The number of carbonyl (C=O) groups is 1. The molecule has 0 aliphatic carbocycles. The Morgan fingerprint density at radius 2 is 1.86 bits per heavy atom. The van der Waals surface area contributed by atoms with Crippen LogP contribution in [0.2, 0.25) is 0 Å².